The van der Waals surface area contributed by atoms with Gasteiger partial charge in [0.25, 0.3) is 5.91 Å². The van der Waals surface area contributed by atoms with Gasteiger partial charge in [-0.15, -0.1) is 0 Å². The molecule has 0 N–H and O–H groups in total. The minimum Gasteiger partial charge on any atom is -0.332 e. The first-order valence-electron chi connectivity index (χ1n) is 10.5. The third-order valence-electron chi connectivity index (χ3n) is 5.98. The lowest BCUT2D eigenvalue weighted by molar-refractivity contribution is 0.0727. The summed E-state index contributed by atoms with van der Waals surface area (Å²) in [7, 11) is 3.37. The number of rotatable bonds is 3. The molecular formula is C24H19F4N5O. The van der Waals surface area contributed by atoms with Crippen LogP contribution in [-0.2, 0) is 27.1 Å². The van der Waals surface area contributed by atoms with Gasteiger partial charge in [0.05, 0.1) is 29.7 Å². The third kappa shape index (κ3) is 3.64. The summed E-state index contributed by atoms with van der Waals surface area (Å²) in [5, 5.41) is 8.51. The Balaban J connectivity index is 1.45. The predicted molar refractivity (Wildman–Crippen MR) is 116 cm³/mol. The lowest BCUT2D eigenvalue weighted by Crippen LogP contribution is -2.36. The van der Waals surface area contributed by atoms with Crippen LogP contribution in [0.25, 0.3) is 22.4 Å². The van der Waals surface area contributed by atoms with E-state index in [0.717, 1.165) is 17.7 Å². The van der Waals surface area contributed by atoms with E-state index in [4.69, 9.17) is 0 Å². The molecule has 4 aromatic rings. The van der Waals surface area contributed by atoms with E-state index in [1.165, 1.54) is 21.7 Å². The van der Waals surface area contributed by atoms with Gasteiger partial charge in [-0.05, 0) is 36.2 Å². The predicted octanol–water partition coefficient (Wildman–Crippen LogP) is 4.24. The van der Waals surface area contributed by atoms with Crippen molar-refractivity contribution in [1.29, 1.82) is 0 Å². The average molecular weight is 469 g/mol. The van der Waals surface area contributed by atoms with Gasteiger partial charge in [-0.3, -0.25) is 14.2 Å². The monoisotopic (exact) mass is 469 g/mol. The second-order valence-corrected chi connectivity index (χ2v) is 8.23. The van der Waals surface area contributed by atoms with E-state index >= 15 is 0 Å². The van der Waals surface area contributed by atoms with Gasteiger partial charge in [0.15, 0.2) is 17.5 Å². The van der Waals surface area contributed by atoms with E-state index in [-0.39, 0.29) is 24.2 Å². The Morgan fingerprint density at radius 1 is 0.941 bits per heavy atom. The van der Waals surface area contributed by atoms with E-state index in [2.05, 4.69) is 10.2 Å². The van der Waals surface area contributed by atoms with Crippen LogP contribution < -0.4 is 0 Å². The fraction of sp³-hybridized carbons (Fsp3) is 0.208. The highest BCUT2D eigenvalue weighted by Crippen LogP contribution is 2.32. The molecule has 1 aliphatic heterocycles. The van der Waals surface area contributed by atoms with E-state index in [9.17, 15) is 22.4 Å². The highest BCUT2D eigenvalue weighted by Gasteiger charge is 2.29. The normalized spacial score (nSPS) is 13.3. The molecule has 34 heavy (non-hydrogen) atoms. The molecule has 0 saturated carbocycles. The first-order chi connectivity index (χ1) is 16.2. The molecule has 0 atom stereocenters. The van der Waals surface area contributed by atoms with Gasteiger partial charge in [-0.25, -0.2) is 17.6 Å². The van der Waals surface area contributed by atoms with Crippen LogP contribution in [0.3, 0.4) is 0 Å². The Kier molecular flexibility index (Phi) is 5.22. The molecule has 174 valence electrons. The molecule has 10 heteroatoms. The lowest BCUT2D eigenvalue weighted by Gasteiger charge is -2.27. The van der Waals surface area contributed by atoms with Crippen molar-refractivity contribution in [2.45, 2.75) is 13.0 Å². The Hall–Kier alpha value is -3.95. The van der Waals surface area contributed by atoms with Crippen LogP contribution in [0.1, 0.15) is 21.6 Å². The van der Waals surface area contributed by atoms with Gasteiger partial charge < -0.3 is 4.90 Å². The molecule has 6 nitrogen and oxygen atoms in total. The molecule has 1 aliphatic rings. The zero-order valence-electron chi connectivity index (χ0n) is 18.3. The molecule has 0 spiro atoms. The maximum Gasteiger partial charge on any atom is 0.257 e. The van der Waals surface area contributed by atoms with Crippen LogP contribution in [0, 0.1) is 23.3 Å². The minimum absolute atomic E-state index is 0.0661. The summed E-state index contributed by atoms with van der Waals surface area (Å²) in [6, 6.07) is 6.18. The average Bonchev–Trinajstić information content (AvgIpc) is 3.38. The molecule has 0 radical (unpaired) electrons. The van der Waals surface area contributed by atoms with Crippen molar-refractivity contribution in [2.75, 3.05) is 6.54 Å². The topological polar surface area (TPSA) is 56.0 Å². The Morgan fingerprint density at radius 2 is 1.68 bits per heavy atom. The largest absolute Gasteiger partial charge is 0.332 e. The number of carbonyl (C=O) groups excluding carboxylic acids is 1. The van der Waals surface area contributed by atoms with Crippen molar-refractivity contribution in [3.63, 3.8) is 0 Å². The van der Waals surface area contributed by atoms with E-state index in [1.54, 1.807) is 37.2 Å². The summed E-state index contributed by atoms with van der Waals surface area (Å²) in [6.07, 6.45) is 3.74. The zero-order chi connectivity index (χ0) is 24.1. The number of fused-ring (bicyclic) bond motifs is 1. The van der Waals surface area contributed by atoms with Crippen LogP contribution in [0.5, 0.6) is 0 Å². The summed E-state index contributed by atoms with van der Waals surface area (Å²) in [6.45, 7) is 0.359. The third-order valence-corrected chi connectivity index (χ3v) is 5.98. The van der Waals surface area contributed by atoms with Crippen LogP contribution >= 0.6 is 0 Å². The molecule has 0 bridgehead atoms. The van der Waals surface area contributed by atoms with Crippen molar-refractivity contribution >= 4 is 5.91 Å². The fourth-order valence-electron chi connectivity index (χ4n) is 4.36. The summed E-state index contributed by atoms with van der Waals surface area (Å²) in [5.41, 5.74) is 3.20. The Labute approximate surface area is 192 Å². The van der Waals surface area contributed by atoms with Crippen molar-refractivity contribution in [2.24, 2.45) is 14.1 Å². The highest BCUT2D eigenvalue weighted by molar-refractivity contribution is 5.96. The van der Waals surface area contributed by atoms with Gasteiger partial charge in [0, 0.05) is 43.5 Å². The van der Waals surface area contributed by atoms with Crippen LogP contribution in [0.15, 0.2) is 42.7 Å². The van der Waals surface area contributed by atoms with Gasteiger partial charge >= 0.3 is 0 Å². The number of aromatic nitrogens is 4. The number of amides is 1. The molecule has 3 heterocycles. The number of carbonyl (C=O) groups is 1. The number of hydrogen-bond donors (Lipinski definition) is 0. The van der Waals surface area contributed by atoms with Crippen LogP contribution in [0.4, 0.5) is 17.6 Å². The Bertz CT molecular complexity index is 1420. The van der Waals surface area contributed by atoms with Crippen molar-refractivity contribution in [3.05, 3.63) is 82.8 Å². The van der Waals surface area contributed by atoms with Gasteiger partial charge in [0.1, 0.15) is 5.82 Å². The maximum absolute atomic E-state index is 14.6. The molecule has 1 amide bonds. The molecule has 0 saturated heterocycles. The van der Waals surface area contributed by atoms with E-state index in [0.29, 0.717) is 28.9 Å². The summed E-state index contributed by atoms with van der Waals surface area (Å²) in [4.78, 5) is 14.7. The smallest absolute Gasteiger partial charge is 0.257 e. The van der Waals surface area contributed by atoms with Crippen LogP contribution in [0.2, 0.25) is 0 Å². The van der Waals surface area contributed by atoms with Crippen molar-refractivity contribution in [1.82, 2.24) is 24.5 Å². The summed E-state index contributed by atoms with van der Waals surface area (Å²) in [5.74, 6) is -5.24. The SMILES string of the molecule is Cn1cc(-c2ccc(F)c(C(=O)N3CCc4c(nn(C)c4-c4cc(F)c(F)c(F)c4)C3)c2)cn1. The van der Waals surface area contributed by atoms with E-state index in [1.807, 2.05) is 0 Å². The van der Waals surface area contributed by atoms with Crippen molar-refractivity contribution < 1.29 is 22.4 Å². The van der Waals surface area contributed by atoms with Crippen molar-refractivity contribution in [3.8, 4) is 22.4 Å². The first-order valence-corrected chi connectivity index (χ1v) is 10.5. The molecule has 0 fully saturated rings. The maximum atomic E-state index is 14.6. The number of aryl methyl sites for hydroxylation is 2. The van der Waals surface area contributed by atoms with Gasteiger partial charge in [-0.1, -0.05) is 6.07 Å². The molecular weight excluding hydrogens is 450 g/mol. The fourth-order valence-corrected chi connectivity index (χ4v) is 4.36. The summed E-state index contributed by atoms with van der Waals surface area (Å²) < 4.78 is 58.7. The molecule has 0 aliphatic carbocycles. The van der Waals surface area contributed by atoms with Gasteiger partial charge in [0.2, 0.25) is 0 Å². The number of benzene rings is 2. The van der Waals surface area contributed by atoms with Crippen LogP contribution in [-0.4, -0.2) is 36.9 Å². The number of halogens is 4. The second kappa shape index (κ2) is 8.12. The van der Waals surface area contributed by atoms with E-state index < -0.39 is 29.2 Å². The standard InChI is InChI=1S/C24H19F4N5O/c1-31-11-15(10-29-31)13-3-4-18(25)17(7-13)24(34)33-6-5-16-21(12-33)30-32(2)23(16)14-8-19(26)22(28)20(27)9-14/h3-4,7-11H,5-6,12H2,1-2H3. The lowest BCUT2D eigenvalue weighted by atomic mass is 9.98. The first kappa shape index (κ1) is 21.9. The second-order valence-electron chi connectivity index (χ2n) is 8.23. The molecule has 2 aromatic carbocycles. The molecule has 0 unspecified atom stereocenters. The number of nitrogens with zero attached hydrogens (tertiary/aromatic N) is 5. The highest BCUT2D eigenvalue weighted by atomic mass is 19.2. The summed E-state index contributed by atoms with van der Waals surface area (Å²) >= 11 is 0. The minimum atomic E-state index is -1.54. The molecule has 2 aromatic heterocycles. The number of hydrogen-bond acceptors (Lipinski definition) is 3. The zero-order valence-corrected chi connectivity index (χ0v) is 18.3. The quantitative estimate of drug-likeness (QED) is 0.333. The van der Waals surface area contributed by atoms with Gasteiger partial charge in [-0.2, -0.15) is 10.2 Å². The Morgan fingerprint density at radius 3 is 2.35 bits per heavy atom. The molecule has 5 rings (SSSR count).